The van der Waals surface area contributed by atoms with Gasteiger partial charge >= 0.3 is 6.18 Å². The minimum absolute atomic E-state index is 0.108. The minimum Gasteiger partial charge on any atom is -0.468 e. The van der Waals surface area contributed by atoms with Crippen LogP contribution in [0, 0.1) is 5.92 Å². The van der Waals surface area contributed by atoms with Gasteiger partial charge in [0.05, 0.1) is 25.4 Å². The number of halogens is 3. The Hall–Kier alpha value is -1.74. The van der Waals surface area contributed by atoms with E-state index in [-0.39, 0.29) is 12.0 Å². The fourth-order valence-electron chi connectivity index (χ4n) is 4.16. The number of guanidine groups is 1. The second kappa shape index (κ2) is 10.3. The molecule has 3 heterocycles. The van der Waals surface area contributed by atoms with Gasteiger partial charge in [-0.15, -0.1) is 0 Å². The van der Waals surface area contributed by atoms with Crippen molar-refractivity contribution in [2.24, 2.45) is 10.9 Å². The van der Waals surface area contributed by atoms with E-state index in [1.54, 1.807) is 6.26 Å². The Morgan fingerprint density at radius 1 is 1.28 bits per heavy atom. The van der Waals surface area contributed by atoms with Crippen LogP contribution < -0.4 is 10.6 Å². The topological polar surface area (TPSA) is 56.0 Å². The van der Waals surface area contributed by atoms with E-state index in [2.05, 4.69) is 15.5 Å². The van der Waals surface area contributed by atoms with Gasteiger partial charge in [-0.2, -0.15) is 13.2 Å². The molecule has 164 valence electrons. The zero-order valence-corrected chi connectivity index (χ0v) is 17.0. The standard InChI is InChI=1S/C20H32F3N5O/c1-2-24-19(25-12-16-7-10-27(14-16)15-20(21,22)23)26-13-17(18-6-5-11-29-18)28-8-3-4-9-28/h5-6,11,16-17H,2-4,7-10,12-15H2,1H3,(H2,24,25,26). The van der Waals surface area contributed by atoms with E-state index in [0.29, 0.717) is 32.1 Å². The number of nitrogens with zero attached hydrogens (tertiary/aromatic N) is 3. The quantitative estimate of drug-likeness (QED) is 0.505. The van der Waals surface area contributed by atoms with Gasteiger partial charge in [0.15, 0.2) is 5.96 Å². The summed E-state index contributed by atoms with van der Waals surface area (Å²) in [5.74, 6) is 1.82. The average molecular weight is 416 g/mol. The summed E-state index contributed by atoms with van der Waals surface area (Å²) in [7, 11) is 0. The van der Waals surface area contributed by atoms with Gasteiger partial charge in [0, 0.05) is 19.6 Å². The number of hydrogen-bond acceptors (Lipinski definition) is 4. The van der Waals surface area contributed by atoms with Crippen LogP contribution in [0.2, 0.25) is 0 Å². The van der Waals surface area contributed by atoms with E-state index < -0.39 is 12.7 Å². The van der Waals surface area contributed by atoms with Crippen LogP contribution in [0.5, 0.6) is 0 Å². The first kappa shape index (κ1) is 22.0. The van der Waals surface area contributed by atoms with Crippen molar-refractivity contribution in [1.29, 1.82) is 0 Å². The van der Waals surface area contributed by atoms with Gasteiger partial charge in [0.1, 0.15) is 5.76 Å². The van der Waals surface area contributed by atoms with Crippen molar-refractivity contribution in [1.82, 2.24) is 20.4 Å². The molecule has 9 heteroatoms. The third-order valence-electron chi connectivity index (χ3n) is 5.55. The van der Waals surface area contributed by atoms with Crippen molar-refractivity contribution in [3.8, 4) is 0 Å². The van der Waals surface area contributed by atoms with E-state index >= 15 is 0 Å². The summed E-state index contributed by atoms with van der Waals surface area (Å²) in [6, 6.07) is 4.00. The number of hydrogen-bond donors (Lipinski definition) is 2. The first-order valence-electron chi connectivity index (χ1n) is 10.5. The number of rotatable bonds is 8. The molecule has 0 bridgehead atoms. The summed E-state index contributed by atoms with van der Waals surface area (Å²) in [6.07, 6.45) is 0.712. The van der Waals surface area contributed by atoms with E-state index in [0.717, 1.165) is 31.8 Å². The highest BCUT2D eigenvalue weighted by atomic mass is 19.4. The first-order valence-corrected chi connectivity index (χ1v) is 10.5. The number of likely N-dealkylation sites (tertiary alicyclic amines) is 2. The average Bonchev–Trinajstić information content (AvgIpc) is 3.42. The molecule has 0 radical (unpaired) electrons. The van der Waals surface area contributed by atoms with E-state index in [1.807, 2.05) is 19.1 Å². The molecular formula is C20H32F3N5O. The summed E-state index contributed by atoms with van der Waals surface area (Å²) in [4.78, 5) is 8.64. The van der Waals surface area contributed by atoms with Crippen LogP contribution in [-0.2, 0) is 0 Å². The minimum atomic E-state index is -4.13. The second-order valence-electron chi connectivity index (χ2n) is 7.88. The summed E-state index contributed by atoms with van der Waals surface area (Å²) in [5.41, 5.74) is 0. The second-order valence-corrected chi connectivity index (χ2v) is 7.88. The molecule has 2 atom stereocenters. The maximum absolute atomic E-state index is 12.6. The Bertz CT molecular complexity index is 629. The van der Waals surface area contributed by atoms with Crippen LogP contribution in [0.15, 0.2) is 27.8 Å². The maximum Gasteiger partial charge on any atom is 0.401 e. The van der Waals surface area contributed by atoms with Gasteiger partial charge in [-0.3, -0.25) is 14.8 Å². The maximum atomic E-state index is 12.6. The molecule has 2 aliphatic heterocycles. The highest BCUT2D eigenvalue weighted by Crippen LogP contribution is 2.26. The molecule has 0 saturated carbocycles. The molecule has 2 fully saturated rings. The summed E-state index contributed by atoms with van der Waals surface area (Å²) >= 11 is 0. The molecule has 0 spiro atoms. The van der Waals surface area contributed by atoms with Crippen LogP contribution in [0.4, 0.5) is 13.2 Å². The first-order chi connectivity index (χ1) is 13.9. The lowest BCUT2D eigenvalue weighted by Crippen LogP contribution is -2.41. The molecule has 6 nitrogen and oxygen atoms in total. The van der Waals surface area contributed by atoms with Gasteiger partial charge in [-0.05, 0) is 63.9 Å². The molecule has 3 rings (SSSR count). The van der Waals surface area contributed by atoms with Crippen molar-refractivity contribution in [3.05, 3.63) is 24.2 Å². The lowest BCUT2D eigenvalue weighted by molar-refractivity contribution is -0.143. The monoisotopic (exact) mass is 415 g/mol. The largest absolute Gasteiger partial charge is 0.468 e. The van der Waals surface area contributed by atoms with Gasteiger partial charge in [0.2, 0.25) is 0 Å². The van der Waals surface area contributed by atoms with Crippen molar-refractivity contribution >= 4 is 5.96 Å². The van der Waals surface area contributed by atoms with Crippen molar-refractivity contribution in [3.63, 3.8) is 0 Å². The molecule has 1 aromatic heterocycles. The van der Waals surface area contributed by atoms with E-state index in [4.69, 9.17) is 9.41 Å². The summed E-state index contributed by atoms with van der Waals surface area (Å²) < 4.78 is 43.4. The molecule has 0 amide bonds. The molecule has 2 unspecified atom stereocenters. The molecule has 0 aliphatic carbocycles. The lowest BCUT2D eigenvalue weighted by atomic mass is 10.1. The van der Waals surface area contributed by atoms with Gasteiger partial charge in [-0.1, -0.05) is 0 Å². The number of aliphatic imine (C=N–C) groups is 1. The predicted molar refractivity (Wildman–Crippen MR) is 107 cm³/mol. The summed E-state index contributed by atoms with van der Waals surface area (Å²) in [5, 5.41) is 6.56. The fraction of sp³-hybridized carbons (Fsp3) is 0.750. The zero-order chi connectivity index (χ0) is 20.7. The SMILES string of the molecule is CCNC(=NCC(c1ccco1)N1CCCC1)NCC1CCN(CC(F)(F)F)C1. The Morgan fingerprint density at radius 2 is 2.07 bits per heavy atom. The Balaban J connectivity index is 1.53. The van der Waals surface area contributed by atoms with Gasteiger partial charge < -0.3 is 15.1 Å². The zero-order valence-electron chi connectivity index (χ0n) is 17.0. The van der Waals surface area contributed by atoms with Crippen LogP contribution in [0.25, 0.3) is 0 Å². The van der Waals surface area contributed by atoms with Crippen LogP contribution in [0.3, 0.4) is 0 Å². The summed E-state index contributed by atoms with van der Waals surface area (Å²) in [6.45, 7) is 6.16. The molecular weight excluding hydrogens is 383 g/mol. The van der Waals surface area contributed by atoms with Crippen LogP contribution in [0.1, 0.15) is 38.0 Å². The Kier molecular flexibility index (Phi) is 7.83. The van der Waals surface area contributed by atoms with Gasteiger partial charge in [-0.25, -0.2) is 0 Å². The lowest BCUT2D eigenvalue weighted by Gasteiger charge is -2.25. The molecule has 29 heavy (non-hydrogen) atoms. The van der Waals surface area contributed by atoms with Crippen molar-refractivity contribution < 1.29 is 17.6 Å². The van der Waals surface area contributed by atoms with Crippen LogP contribution in [-0.4, -0.2) is 74.3 Å². The highest BCUT2D eigenvalue weighted by Gasteiger charge is 2.34. The predicted octanol–water partition coefficient (Wildman–Crippen LogP) is 2.86. The van der Waals surface area contributed by atoms with E-state index in [9.17, 15) is 13.2 Å². The number of furan rings is 1. The molecule has 2 N–H and O–H groups in total. The normalized spacial score (nSPS) is 22.9. The fourth-order valence-corrected chi connectivity index (χ4v) is 4.16. The highest BCUT2D eigenvalue weighted by molar-refractivity contribution is 5.79. The number of alkyl halides is 3. The van der Waals surface area contributed by atoms with Crippen LogP contribution >= 0.6 is 0 Å². The van der Waals surface area contributed by atoms with E-state index in [1.165, 1.54) is 17.7 Å². The van der Waals surface area contributed by atoms with Crippen molar-refractivity contribution in [2.45, 2.75) is 38.4 Å². The molecule has 2 aliphatic rings. The smallest absolute Gasteiger partial charge is 0.401 e. The number of nitrogens with one attached hydrogen (secondary N) is 2. The van der Waals surface area contributed by atoms with Crippen molar-refractivity contribution in [2.75, 3.05) is 52.4 Å². The Labute approximate surface area is 170 Å². The third-order valence-corrected chi connectivity index (χ3v) is 5.55. The van der Waals surface area contributed by atoms with Gasteiger partial charge in [0.25, 0.3) is 0 Å². The molecule has 1 aromatic rings. The third kappa shape index (κ3) is 6.92. The molecule has 0 aromatic carbocycles. The molecule has 2 saturated heterocycles. The Morgan fingerprint density at radius 3 is 2.72 bits per heavy atom.